The molecule has 8 heteroatoms. The van der Waals surface area contributed by atoms with E-state index in [4.69, 9.17) is 16.3 Å². The summed E-state index contributed by atoms with van der Waals surface area (Å²) >= 11 is 5.83. The van der Waals surface area contributed by atoms with E-state index >= 15 is 0 Å². The maximum absolute atomic E-state index is 12.9. The molecule has 146 valence electrons. The van der Waals surface area contributed by atoms with E-state index in [9.17, 15) is 13.2 Å². The van der Waals surface area contributed by atoms with E-state index in [0.717, 1.165) is 3.97 Å². The summed E-state index contributed by atoms with van der Waals surface area (Å²) in [4.78, 5) is 16.2. The maximum Gasteiger partial charge on any atom is 0.331 e. The minimum absolute atomic E-state index is 0.116. The number of carbonyl (C=O) groups is 1. The number of hydrogen-bond acceptors (Lipinski definition) is 5. The van der Waals surface area contributed by atoms with Gasteiger partial charge >= 0.3 is 5.97 Å². The molecular weight excluding hydrogens is 400 g/mol. The second kappa shape index (κ2) is 7.41. The molecule has 0 fully saturated rings. The minimum Gasteiger partial charge on any atom is -0.457 e. The van der Waals surface area contributed by atoms with Crippen LogP contribution in [-0.4, -0.2) is 28.9 Å². The smallest absolute Gasteiger partial charge is 0.331 e. The first-order chi connectivity index (χ1) is 13.1. The Labute approximate surface area is 168 Å². The van der Waals surface area contributed by atoms with Gasteiger partial charge in [0.1, 0.15) is 5.60 Å². The van der Waals surface area contributed by atoms with Crippen LogP contribution in [0.1, 0.15) is 26.3 Å². The van der Waals surface area contributed by atoms with Gasteiger partial charge in [-0.05, 0) is 68.8 Å². The van der Waals surface area contributed by atoms with E-state index in [0.29, 0.717) is 21.6 Å². The van der Waals surface area contributed by atoms with Gasteiger partial charge in [-0.25, -0.2) is 22.2 Å². The molecule has 1 aromatic carbocycles. The Hall–Kier alpha value is -2.64. The number of hydrogen-bond donors (Lipinski definition) is 0. The van der Waals surface area contributed by atoms with Gasteiger partial charge in [0.05, 0.1) is 4.90 Å². The molecule has 2 aromatic heterocycles. The van der Waals surface area contributed by atoms with Crippen molar-refractivity contribution in [1.29, 1.82) is 0 Å². The van der Waals surface area contributed by atoms with Crippen molar-refractivity contribution in [2.24, 2.45) is 0 Å². The number of ether oxygens (including phenoxy) is 1. The lowest BCUT2D eigenvalue weighted by molar-refractivity contribution is -0.148. The zero-order chi connectivity index (χ0) is 20.5. The molecule has 0 atom stereocenters. The highest BCUT2D eigenvalue weighted by molar-refractivity contribution is 7.90. The molecule has 2 heterocycles. The van der Waals surface area contributed by atoms with Crippen molar-refractivity contribution in [2.45, 2.75) is 31.3 Å². The Morgan fingerprint density at radius 3 is 2.50 bits per heavy atom. The Morgan fingerprint density at radius 1 is 1.18 bits per heavy atom. The number of nitrogens with zero attached hydrogens (tertiary/aromatic N) is 2. The van der Waals surface area contributed by atoms with Crippen LogP contribution < -0.4 is 0 Å². The van der Waals surface area contributed by atoms with Gasteiger partial charge in [-0.3, -0.25) is 0 Å². The van der Waals surface area contributed by atoms with Gasteiger partial charge in [-0.2, -0.15) is 0 Å². The molecule has 0 aliphatic rings. The average molecular weight is 419 g/mol. The van der Waals surface area contributed by atoms with Crippen LogP contribution in [-0.2, 0) is 19.6 Å². The molecule has 0 radical (unpaired) electrons. The maximum atomic E-state index is 12.9. The van der Waals surface area contributed by atoms with Crippen LogP contribution in [0.15, 0.2) is 59.8 Å². The summed E-state index contributed by atoms with van der Waals surface area (Å²) in [6.45, 7) is 5.36. The van der Waals surface area contributed by atoms with Gasteiger partial charge in [-0.1, -0.05) is 11.6 Å². The highest BCUT2D eigenvalue weighted by Gasteiger charge is 2.19. The van der Waals surface area contributed by atoms with Gasteiger partial charge in [0, 0.05) is 28.9 Å². The van der Waals surface area contributed by atoms with Gasteiger partial charge in [0.2, 0.25) is 0 Å². The summed E-state index contributed by atoms with van der Waals surface area (Å²) < 4.78 is 32.0. The summed E-state index contributed by atoms with van der Waals surface area (Å²) in [6.07, 6.45) is 5.83. The van der Waals surface area contributed by atoms with Crippen LogP contribution in [0.3, 0.4) is 0 Å². The molecule has 0 aliphatic carbocycles. The fraction of sp³-hybridized carbons (Fsp3) is 0.200. The van der Waals surface area contributed by atoms with Crippen molar-refractivity contribution < 1.29 is 17.9 Å². The fourth-order valence-corrected chi connectivity index (χ4v) is 3.96. The van der Waals surface area contributed by atoms with Gasteiger partial charge in [-0.15, -0.1) is 0 Å². The van der Waals surface area contributed by atoms with Crippen molar-refractivity contribution in [3.8, 4) is 0 Å². The first-order valence-electron chi connectivity index (χ1n) is 8.46. The number of pyridine rings is 1. The van der Waals surface area contributed by atoms with Gasteiger partial charge in [0.15, 0.2) is 5.65 Å². The van der Waals surface area contributed by atoms with E-state index in [1.54, 1.807) is 39.0 Å². The number of aromatic nitrogens is 2. The van der Waals surface area contributed by atoms with E-state index in [2.05, 4.69) is 4.98 Å². The lowest BCUT2D eigenvalue weighted by atomic mass is 10.2. The fourth-order valence-electron chi connectivity index (χ4n) is 2.52. The molecule has 0 saturated carbocycles. The molecule has 28 heavy (non-hydrogen) atoms. The number of benzene rings is 1. The van der Waals surface area contributed by atoms with Gasteiger partial charge < -0.3 is 4.74 Å². The molecule has 0 spiro atoms. The first kappa shape index (κ1) is 20.1. The van der Waals surface area contributed by atoms with E-state index in [-0.39, 0.29) is 4.90 Å². The quantitative estimate of drug-likeness (QED) is 0.466. The average Bonchev–Trinajstić information content (AvgIpc) is 3.03. The molecule has 0 amide bonds. The predicted octanol–water partition coefficient (Wildman–Crippen LogP) is 4.28. The van der Waals surface area contributed by atoms with Crippen LogP contribution in [0.5, 0.6) is 0 Å². The summed E-state index contributed by atoms with van der Waals surface area (Å²) in [5.74, 6) is -0.463. The predicted molar refractivity (Wildman–Crippen MR) is 109 cm³/mol. The molecule has 3 rings (SSSR count). The lowest BCUT2D eigenvalue weighted by Gasteiger charge is -2.17. The second-order valence-corrected chi connectivity index (χ2v) is 9.37. The van der Waals surface area contributed by atoms with Gasteiger partial charge in [0.25, 0.3) is 10.0 Å². The highest BCUT2D eigenvalue weighted by atomic mass is 35.5. The SMILES string of the molecule is CC(C)(C)OC(=O)C=Cc1cnc2c(ccn2S(=O)(=O)c2ccc(Cl)cc2)c1. The summed E-state index contributed by atoms with van der Waals surface area (Å²) in [6, 6.07) is 9.33. The number of carbonyl (C=O) groups excluding carboxylic acids is 1. The molecule has 3 aromatic rings. The molecule has 6 nitrogen and oxygen atoms in total. The molecule has 0 aliphatic heterocycles. The van der Waals surface area contributed by atoms with Crippen molar-refractivity contribution in [2.75, 3.05) is 0 Å². The third-order valence-corrected chi connectivity index (χ3v) is 5.64. The number of fused-ring (bicyclic) bond motifs is 1. The van der Waals surface area contributed by atoms with Crippen molar-refractivity contribution in [1.82, 2.24) is 8.96 Å². The molecular formula is C20H19ClN2O4S. The van der Waals surface area contributed by atoms with Crippen LogP contribution in [0.2, 0.25) is 5.02 Å². The third-order valence-electron chi connectivity index (χ3n) is 3.70. The van der Waals surface area contributed by atoms with E-state index < -0.39 is 21.6 Å². The van der Waals surface area contributed by atoms with E-state index in [1.807, 2.05) is 0 Å². The number of halogens is 1. The van der Waals surface area contributed by atoms with E-state index in [1.165, 1.54) is 42.7 Å². The standard InChI is InChI=1S/C20H19ClN2O4S/c1-20(2,3)27-18(24)9-4-14-12-15-10-11-23(19(15)22-13-14)28(25,26)17-7-5-16(21)6-8-17/h4-13H,1-3H3. The summed E-state index contributed by atoms with van der Waals surface area (Å²) in [5.41, 5.74) is 0.376. The monoisotopic (exact) mass is 418 g/mol. The number of esters is 1. The summed E-state index contributed by atoms with van der Waals surface area (Å²) in [7, 11) is -3.79. The first-order valence-corrected chi connectivity index (χ1v) is 10.3. The second-order valence-electron chi connectivity index (χ2n) is 7.12. The van der Waals surface area contributed by atoms with Crippen LogP contribution in [0.25, 0.3) is 17.1 Å². The van der Waals surface area contributed by atoms with Crippen molar-refractivity contribution in [3.63, 3.8) is 0 Å². The lowest BCUT2D eigenvalue weighted by Crippen LogP contribution is -2.22. The zero-order valence-electron chi connectivity index (χ0n) is 15.6. The molecule has 0 unspecified atom stereocenters. The van der Waals surface area contributed by atoms with Crippen LogP contribution >= 0.6 is 11.6 Å². The normalized spacial score (nSPS) is 12.6. The Kier molecular flexibility index (Phi) is 5.32. The van der Waals surface area contributed by atoms with Crippen molar-refractivity contribution in [3.05, 3.63) is 65.5 Å². The Morgan fingerprint density at radius 2 is 1.86 bits per heavy atom. The molecule has 0 bridgehead atoms. The minimum atomic E-state index is -3.79. The highest BCUT2D eigenvalue weighted by Crippen LogP contribution is 2.23. The van der Waals surface area contributed by atoms with Crippen molar-refractivity contribution >= 4 is 44.7 Å². The topological polar surface area (TPSA) is 78.3 Å². The van der Waals surface area contributed by atoms with Crippen LogP contribution in [0, 0.1) is 0 Å². The summed E-state index contributed by atoms with van der Waals surface area (Å²) in [5, 5.41) is 1.08. The molecule has 0 saturated heterocycles. The third kappa shape index (κ3) is 4.43. The molecule has 0 N–H and O–H groups in total. The largest absolute Gasteiger partial charge is 0.457 e. The Balaban J connectivity index is 1.91. The van der Waals surface area contributed by atoms with Crippen LogP contribution in [0.4, 0.5) is 0 Å². The Bertz CT molecular complexity index is 1160. The number of rotatable bonds is 4. The zero-order valence-corrected chi connectivity index (χ0v) is 17.2.